The fraction of sp³-hybridized carbons (Fsp3) is 0.609. The lowest BCUT2D eigenvalue weighted by molar-refractivity contribution is -0.0755. The summed E-state index contributed by atoms with van der Waals surface area (Å²) in [4.78, 5) is 20.3. The molecule has 1 aromatic heterocycles. The number of fused-ring (bicyclic) bond motifs is 1. The second kappa shape index (κ2) is 10.1. The molecule has 0 atom stereocenters. The Morgan fingerprint density at radius 1 is 1.18 bits per heavy atom. The minimum Gasteiger partial charge on any atom is -0.347 e. The van der Waals surface area contributed by atoms with Gasteiger partial charge in [0.1, 0.15) is 0 Å². The molecule has 0 radical (unpaired) electrons. The van der Waals surface area contributed by atoms with Crippen LogP contribution in [0, 0.1) is 5.92 Å². The number of hydroxylamine groups is 2. The second-order valence-corrected chi connectivity index (χ2v) is 8.02. The van der Waals surface area contributed by atoms with Gasteiger partial charge in [0.05, 0.1) is 12.7 Å². The Morgan fingerprint density at radius 2 is 1.93 bits per heavy atom. The number of aromatic nitrogens is 1. The van der Waals surface area contributed by atoms with E-state index in [1.165, 1.54) is 57.4 Å². The number of piperidine rings is 1. The third-order valence-electron chi connectivity index (χ3n) is 6.13. The van der Waals surface area contributed by atoms with E-state index in [0.717, 1.165) is 36.3 Å². The van der Waals surface area contributed by atoms with Crippen LogP contribution in [0.1, 0.15) is 55.8 Å². The van der Waals surface area contributed by atoms with E-state index in [0.29, 0.717) is 5.56 Å². The zero-order chi connectivity index (χ0) is 19.9. The summed E-state index contributed by atoms with van der Waals surface area (Å²) in [5.74, 6) is 0.836. The molecule has 5 nitrogen and oxygen atoms in total. The van der Waals surface area contributed by atoms with Crippen molar-refractivity contribution in [2.24, 2.45) is 5.92 Å². The van der Waals surface area contributed by atoms with Crippen LogP contribution < -0.4 is 0 Å². The summed E-state index contributed by atoms with van der Waals surface area (Å²) in [7, 11) is 3.17. The first-order valence-electron chi connectivity index (χ1n) is 10.8. The molecule has 5 heteroatoms. The number of likely N-dealkylation sites (tertiary alicyclic amines) is 1. The van der Waals surface area contributed by atoms with Crippen LogP contribution in [0.3, 0.4) is 0 Å². The molecule has 154 valence electrons. The van der Waals surface area contributed by atoms with Crippen LogP contribution in [0.2, 0.25) is 0 Å². The Balaban J connectivity index is 1.57. The number of aryl methyl sites for hydroxylation is 1. The standard InChI is InChI=1S/C23H35N3O2/c1-4-5-9-19-12-16-25(17-13-19)14-8-15-26-18-21(23(27)24(2)28-3)20-10-6-7-11-22(20)26/h6-7,10-11,18-19H,4-5,8-9,12-17H2,1-3H3. The van der Waals surface area contributed by atoms with Crippen LogP contribution in [-0.2, 0) is 11.4 Å². The zero-order valence-electron chi connectivity index (χ0n) is 17.7. The maximum absolute atomic E-state index is 12.6. The molecule has 1 aliphatic heterocycles. The van der Waals surface area contributed by atoms with Gasteiger partial charge in [-0.1, -0.05) is 44.4 Å². The van der Waals surface area contributed by atoms with Crippen LogP contribution in [0.5, 0.6) is 0 Å². The molecular weight excluding hydrogens is 350 g/mol. The van der Waals surface area contributed by atoms with Crippen molar-refractivity contribution in [1.82, 2.24) is 14.5 Å². The molecule has 1 amide bonds. The second-order valence-electron chi connectivity index (χ2n) is 8.02. The van der Waals surface area contributed by atoms with Gasteiger partial charge in [-0.25, -0.2) is 5.06 Å². The van der Waals surface area contributed by atoms with Crippen molar-refractivity contribution in [2.45, 2.75) is 52.0 Å². The molecule has 0 bridgehead atoms. The highest BCUT2D eigenvalue weighted by Gasteiger charge is 2.20. The van der Waals surface area contributed by atoms with Crippen LogP contribution in [0.4, 0.5) is 0 Å². The van der Waals surface area contributed by atoms with Gasteiger partial charge in [0.15, 0.2) is 0 Å². The van der Waals surface area contributed by atoms with Gasteiger partial charge in [-0.15, -0.1) is 0 Å². The van der Waals surface area contributed by atoms with Crippen LogP contribution >= 0.6 is 0 Å². The number of rotatable bonds is 9. The summed E-state index contributed by atoms with van der Waals surface area (Å²) in [5, 5.41) is 2.28. The number of hydrogen-bond acceptors (Lipinski definition) is 3. The molecule has 0 unspecified atom stereocenters. The molecule has 1 fully saturated rings. The van der Waals surface area contributed by atoms with Gasteiger partial charge in [0, 0.05) is 30.7 Å². The molecule has 0 spiro atoms. The predicted molar refractivity (Wildman–Crippen MR) is 114 cm³/mol. The van der Waals surface area contributed by atoms with E-state index in [1.807, 2.05) is 24.4 Å². The van der Waals surface area contributed by atoms with Gasteiger partial charge in [-0.2, -0.15) is 0 Å². The van der Waals surface area contributed by atoms with Gasteiger partial charge >= 0.3 is 0 Å². The van der Waals surface area contributed by atoms with E-state index >= 15 is 0 Å². The van der Waals surface area contributed by atoms with Crippen molar-refractivity contribution >= 4 is 16.8 Å². The Kier molecular flexibility index (Phi) is 7.51. The number of para-hydroxylation sites is 1. The van der Waals surface area contributed by atoms with Gasteiger partial charge in [0.25, 0.3) is 5.91 Å². The molecule has 1 saturated heterocycles. The number of carbonyl (C=O) groups is 1. The van der Waals surface area contributed by atoms with Gasteiger partial charge < -0.3 is 9.47 Å². The highest BCUT2D eigenvalue weighted by molar-refractivity contribution is 6.06. The molecule has 1 aromatic carbocycles. The monoisotopic (exact) mass is 385 g/mol. The highest BCUT2D eigenvalue weighted by Crippen LogP contribution is 2.24. The summed E-state index contributed by atoms with van der Waals surface area (Å²) < 4.78 is 2.22. The third kappa shape index (κ3) is 4.95. The Bertz CT molecular complexity index is 762. The van der Waals surface area contributed by atoms with E-state index in [9.17, 15) is 4.79 Å². The van der Waals surface area contributed by atoms with Crippen molar-refractivity contribution in [2.75, 3.05) is 33.8 Å². The SMILES string of the molecule is CCCCC1CCN(CCCn2cc(C(=O)N(C)OC)c3ccccc32)CC1. The quantitative estimate of drug-likeness (QED) is 0.594. The average Bonchev–Trinajstić information content (AvgIpc) is 3.11. The van der Waals surface area contributed by atoms with Crippen molar-refractivity contribution in [1.29, 1.82) is 0 Å². The third-order valence-corrected chi connectivity index (χ3v) is 6.13. The van der Waals surface area contributed by atoms with Crippen LogP contribution in [0.15, 0.2) is 30.5 Å². The number of carbonyl (C=O) groups excluding carboxylic acids is 1. The molecule has 3 rings (SSSR count). The first kappa shape index (κ1) is 20.9. The number of unbranched alkanes of at least 4 members (excludes halogenated alkanes) is 1. The van der Waals surface area contributed by atoms with Gasteiger partial charge in [-0.3, -0.25) is 9.63 Å². The largest absolute Gasteiger partial charge is 0.347 e. The summed E-state index contributed by atoms with van der Waals surface area (Å²) in [5.41, 5.74) is 1.82. The number of nitrogens with zero attached hydrogens (tertiary/aromatic N) is 3. The average molecular weight is 386 g/mol. The zero-order valence-corrected chi connectivity index (χ0v) is 17.7. The summed E-state index contributed by atoms with van der Waals surface area (Å²) in [6.45, 7) is 6.83. The first-order valence-corrected chi connectivity index (χ1v) is 10.8. The Hall–Kier alpha value is -1.85. The maximum atomic E-state index is 12.6. The molecular formula is C23H35N3O2. The molecule has 0 aliphatic carbocycles. The maximum Gasteiger partial charge on any atom is 0.279 e. The van der Waals surface area contributed by atoms with Crippen molar-refractivity contribution < 1.29 is 9.63 Å². The van der Waals surface area contributed by atoms with E-state index in [1.54, 1.807) is 7.05 Å². The molecule has 28 heavy (non-hydrogen) atoms. The summed E-state index contributed by atoms with van der Waals surface area (Å²) in [6, 6.07) is 8.13. The van der Waals surface area contributed by atoms with E-state index in [2.05, 4.69) is 22.5 Å². The minimum atomic E-state index is -0.105. The number of benzene rings is 1. The molecule has 2 heterocycles. The summed E-state index contributed by atoms with van der Waals surface area (Å²) >= 11 is 0. The Morgan fingerprint density at radius 3 is 2.64 bits per heavy atom. The predicted octanol–water partition coefficient (Wildman–Crippen LogP) is 4.57. The molecule has 0 N–H and O–H groups in total. The minimum absolute atomic E-state index is 0.105. The lowest BCUT2D eigenvalue weighted by Gasteiger charge is -2.32. The van der Waals surface area contributed by atoms with Crippen molar-refractivity contribution in [3.8, 4) is 0 Å². The van der Waals surface area contributed by atoms with Crippen molar-refractivity contribution in [3.05, 3.63) is 36.0 Å². The smallest absolute Gasteiger partial charge is 0.279 e. The Labute approximate surface area is 169 Å². The van der Waals surface area contributed by atoms with Crippen LogP contribution in [0.25, 0.3) is 10.9 Å². The molecule has 1 aliphatic rings. The number of amides is 1. The highest BCUT2D eigenvalue weighted by atomic mass is 16.7. The van der Waals surface area contributed by atoms with E-state index in [-0.39, 0.29) is 5.91 Å². The van der Waals surface area contributed by atoms with Crippen LogP contribution in [-0.4, -0.2) is 54.2 Å². The van der Waals surface area contributed by atoms with Gasteiger partial charge in [-0.05, 0) is 50.9 Å². The fourth-order valence-electron chi connectivity index (χ4n) is 4.31. The first-order chi connectivity index (χ1) is 13.6. The van der Waals surface area contributed by atoms with Gasteiger partial charge in [0.2, 0.25) is 0 Å². The molecule has 0 saturated carbocycles. The van der Waals surface area contributed by atoms with Crippen molar-refractivity contribution in [3.63, 3.8) is 0 Å². The molecule has 2 aromatic rings. The summed E-state index contributed by atoms with van der Waals surface area (Å²) in [6.07, 6.45) is 9.90. The van der Waals surface area contributed by atoms with E-state index < -0.39 is 0 Å². The lowest BCUT2D eigenvalue weighted by Crippen LogP contribution is -2.34. The number of hydrogen-bond donors (Lipinski definition) is 0. The lowest BCUT2D eigenvalue weighted by atomic mass is 9.91. The fourth-order valence-corrected chi connectivity index (χ4v) is 4.31. The normalized spacial score (nSPS) is 16.0. The topological polar surface area (TPSA) is 37.7 Å². The van der Waals surface area contributed by atoms with E-state index in [4.69, 9.17) is 4.84 Å².